The molecular weight excluding hydrogens is 350 g/mol. The fourth-order valence-electron chi connectivity index (χ4n) is 2.74. The number of para-hydroxylation sites is 1. The summed E-state index contributed by atoms with van der Waals surface area (Å²) in [6.45, 7) is 4.26. The fourth-order valence-corrected chi connectivity index (χ4v) is 3.69. The zero-order valence-corrected chi connectivity index (χ0v) is 15.6. The summed E-state index contributed by atoms with van der Waals surface area (Å²) in [6.07, 6.45) is 0.840. The van der Waals surface area contributed by atoms with Gasteiger partial charge in [0.25, 0.3) is 0 Å². The third-order valence-corrected chi connectivity index (χ3v) is 5.30. The molecule has 1 heterocycles. The van der Waals surface area contributed by atoms with Crippen LogP contribution in [0, 0.1) is 11.8 Å². The molecule has 0 bridgehead atoms. The Morgan fingerprint density at radius 2 is 1.88 bits per heavy atom. The molecule has 136 valence electrons. The average molecular weight is 371 g/mol. The number of benzene rings is 2. The van der Waals surface area contributed by atoms with Gasteiger partial charge >= 0.3 is 0 Å². The smallest absolute Gasteiger partial charge is 0.241 e. The molecule has 0 aliphatic carbocycles. The number of hydrogen-bond acceptors (Lipinski definition) is 4. The Hall–Kier alpha value is -2.49. The van der Waals surface area contributed by atoms with Crippen molar-refractivity contribution in [1.82, 2.24) is 4.72 Å². The van der Waals surface area contributed by atoms with Gasteiger partial charge in [-0.2, -0.15) is 4.72 Å². The van der Waals surface area contributed by atoms with Gasteiger partial charge in [0.1, 0.15) is 12.2 Å². The second-order valence-corrected chi connectivity index (χ2v) is 8.33. The van der Waals surface area contributed by atoms with Gasteiger partial charge in [0.15, 0.2) is 11.5 Å². The van der Waals surface area contributed by atoms with E-state index >= 15 is 0 Å². The number of ether oxygens (including phenoxy) is 2. The van der Waals surface area contributed by atoms with Crippen molar-refractivity contribution in [3.63, 3.8) is 0 Å². The second-order valence-electron chi connectivity index (χ2n) is 6.56. The number of hydrogen-bond donors (Lipinski definition) is 1. The van der Waals surface area contributed by atoms with Crippen LogP contribution in [0.4, 0.5) is 0 Å². The van der Waals surface area contributed by atoms with Crippen molar-refractivity contribution in [3.05, 3.63) is 54.1 Å². The van der Waals surface area contributed by atoms with Crippen LogP contribution < -0.4 is 14.2 Å². The molecular formula is C20H21NO4S. The Kier molecular flexibility index (Phi) is 5.21. The van der Waals surface area contributed by atoms with Crippen LogP contribution in [0.1, 0.15) is 19.4 Å². The summed E-state index contributed by atoms with van der Waals surface area (Å²) in [6, 6.07) is 14.0. The fraction of sp³-hybridized carbons (Fsp3) is 0.300. The van der Waals surface area contributed by atoms with E-state index in [1.165, 1.54) is 12.1 Å². The van der Waals surface area contributed by atoms with Crippen LogP contribution >= 0.6 is 0 Å². The lowest BCUT2D eigenvalue weighted by Gasteiger charge is -2.17. The number of fused-ring (bicyclic) bond motifs is 1. The monoisotopic (exact) mass is 371 g/mol. The summed E-state index contributed by atoms with van der Waals surface area (Å²) in [4.78, 5) is 0.220. The van der Waals surface area contributed by atoms with Gasteiger partial charge in [-0.3, -0.25) is 0 Å². The highest BCUT2D eigenvalue weighted by Gasteiger charge is 2.32. The van der Waals surface area contributed by atoms with Gasteiger partial charge in [-0.1, -0.05) is 42.2 Å². The Labute approximate surface area is 154 Å². The highest BCUT2D eigenvalue weighted by Crippen LogP contribution is 2.41. The van der Waals surface area contributed by atoms with Gasteiger partial charge in [-0.25, -0.2) is 8.42 Å². The lowest BCUT2D eigenvalue weighted by Crippen LogP contribution is -2.24. The maximum atomic E-state index is 12.0. The van der Waals surface area contributed by atoms with Crippen LogP contribution in [0.5, 0.6) is 11.5 Å². The summed E-state index contributed by atoms with van der Waals surface area (Å²) >= 11 is 0. The molecule has 0 atom stereocenters. The van der Waals surface area contributed by atoms with Gasteiger partial charge in [0.05, 0.1) is 11.4 Å². The third-order valence-electron chi connectivity index (χ3n) is 3.88. The number of sulfonamides is 1. The van der Waals surface area contributed by atoms with Gasteiger partial charge in [-0.05, 0) is 32.0 Å². The average Bonchev–Trinajstić information content (AvgIpc) is 2.93. The van der Waals surface area contributed by atoms with Gasteiger partial charge in [0, 0.05) is 12.0 Å². The van der Waals surface area contributed by atoms with E-state index in [9.17, 15) is 8.42 Å². The summed E-state index contributed by atoms with van der Waals surface area (Å²) in [5.41, 5.74) is 0.888. The molecule has 3 rings (SSSR count). The zero-order valence-electron chi connectivity index (χ0n) is 14.8. The van der Waals surface area contributed by atoms with Gasteiger partial charge < -0.3 is 9.47 Å². The molecule has 6 heteroatoms. The second kappa shape index (κ2) is 7.40. The predicted octanol–water partition coefficient (Wildman–Crippen LogP) is 2.76. The van der Waals surface area contributed by atoms with Crippen molar-refractivity contribution in [2.24, 2.45) is 0 Å². The molecule has 26 heavy (non-hydrogen) atoms. The van der Waals surface area contributed by atoms with Crippen molar-refractivity contribution < 1.29 is 17.9 Å². The molecule has 0 aromatic heterocycles. The van der Waals surface area contributed by atoms with Crippen LogP contribution in [-0.2, 0) is 16.4 Å². The first-order valence-corrected chi connectivity index (χ1v) is 9.80. The minimum atomic E-state index is -3.53. The highest BCUT2D eigenvalue weighted by molar-refractivity contribution is 7.89. The van der Waals surface area contributed by atoms with E-state index < -0.39 is 10.0 Å². The molecule has 0 fully saturated rings. The van der Waals surface area contributed by atoms with Crippen LogP contribution in [0.25, 0.3) is 0 Å². The van der Waals surface area contributed by atoms with Crippen molar-refractivity contribution in [3.8, 4) is 23.3 Å². The number of nitrogens with one attached hydrogen (secondary N) is 1. The first kappa shape index (κ1) is 18.3. The molecule has 0 saturated heterocycles. The standard InChI is InChI=1S/C20H21NO4S/c1-20(2)15-16-9-8-12-18(19(16)25-20)24-14-7-6-13-21-26(22,23)17-10-4-3-5-11-17/h3-5,8-12,21H,13-15H2,1-2H3. The first-order valence-electron chi connectivity index (χ1n) is 8.32. The van der Waals surface area contributed by atoms with Crippen LogP contribution in [0.3, 0.4) is 0 Å². The Balaban J connectivity index is 1.53. The molecule has 1 aliphatic rings. The van der Waals surface area contributed by atoms with E-state index in [0.29, 0.717) is 5.75 Å². The van der Waals surface area contributed by atoms with E-state index in [1.807, 2.05) is 32.0 Å². The Morgan fingerprint density at radius 3 is 2.65 bits per heavy atom. The summed E-state index contributed by atoms with van der Waals surface area (Å²) in [7, 11) is -3.53. The van der Waals surface area contributed by atoms with E-state index in [0.717, 1.165) is 17.7 Å². The third kappa shape index (κ3) is 4.37. The van der Waals surface area contributed by atoms with Gasteiger partial charge in [-0.15, -0.1) is 0 Å². The van der Waals surface area contributed by atoms with Crippen LogP contribution in [-0.4, -0.2) is 27.2 Å². The Bertz CT molecular complexity index is 941. The summed E-state index contributed by atoms with van der Waals surface area (Å²) in [5.74, 6) is 7.00. The molecule has 0 radical (unpaired) electrons. The zero-order chi connectivity index (χ0) is 18.6. The van der Waals surface area contributed by atoms with Crippen LogP contribution in [0.2, 0.25) is 0 Å². The molecule has 0 saturated carbocycles. The molecule has 2 aromatic carbocycles. The molecule has 2 aromatic rings. The topological polar surface area (TPSA) is 64.6 Å². The van der Waals surface area contributed by atoms with Crippen LogP contribution in [0.15, 0.2) is 53.4 Å². The lowest BCUT2D eigenvalue weighted by atomic mass is 10.0. The first-order chi connectivity index (χ1) is 12.4. The van der Waals surface area contributed by atoms with E-state index in [1.54, 1.807) is 18.2 Å². The van der Waals surface area contributed by atoms with E-state index in [2.05, 4.69) is 16.6 Å². The quantitative estimate of drug-likeness (QED) is 0.821. The van der Waals surface area contributed by atoms with E-state index in [-0.39, 0.29) is 23.6 Å². The molecule has 1 aliphatic heterocycles. The SMILES string of the molecule is CC1(C)Cc2cccc(OCC#CCNS(=O)(=O)c3ccccc3)c2O1. The maximum absolute atomic E-state index is 12.0. The largest absolute Gasteiger partial charge is 0.483 e. The van der Waals surface area contributed by atoms with Crippen molar-refractivity contribution >= 4 is 10.0 Å². The highest BCUT2D eigenvalue weighted by atomic mass is 32.2. The maximum Gasteiger partial charge on any atom is 0.241 e. The molecule has 0 spiro atoms. The summed E-state index contributed by atoms with van der Waals surface area (Å²) < 4.78 is 38.2. The summed E-state index contributed by atoms with van der Waals surface area (Å²) in [5, 5.41) is 0. The Morgan fingerprint density at radius 1 is 1.12 bits per heavy atom. The predicted molar refractivity (Wildman–Crippen MR) is 99.8 cm³/mol. The lowest BCUT2D eigenvalue weighted by molar-refractivity contribution is 0.133. The minimum absolute atomic E-state index is 0.0248. The van der Waals surface area contributed by atoms with Gasteiger partial charge in [0.2, 0.25) is 10.0 Å². The molecule has 5 nitrogen and oxygen atoms in total. The number of rotatable bonds is 5. The van der Waals surface area contributed by atoms with Crippen molar-refractivity contribution in [2.75, 3.05) is 13.2 Å². The molecule has 1 N–H and O–H groups in total. The normalized spacial score (nSPS) is 14.7. The van der Waals surface area contributed by atoms with Crippen molar-refractivity contribution in [2.45, 2.75) is 30.8 Å². The molecule has 0 amide bonds. The molecule has 0 unspecified atom stereocenters. The van der Waals surface area contributed by atoms with E-state index in [4.69, 9.17) is 9.47 Å². The van der Waals surface area contributed by atoms with Crippen molar-refractivity contribution in [1.29, 1.82) is 0 Å². The minimum Gasteiger partial charge on any atom is -0.483 e.